The van der Waals surface area contributed by atoms with Gasteiger partial charge < -0.3 is 5.32 Å². The van der Waals surface area contributed by atoms with E-state index in [0.717, 1.165) is 18.0 Å². The smallest absolute Gasteiger partial charge is 0.0249 e. The maximum absolute atomic E-state index is 3.75. The van der Waals surface area contributed by atoms with E-state index in [2.05, 4.69) is 24.1 Å². The molecular weight excluding hydrogens is 196 g/mol. The van der Waals surface area contributed by atoms with Crippen molar-refractivity contribution in [3.05, 3.63) is 0 Å². The second kappa shape index (κ2) is 6.02. The molecule has 1 saturated heterocycles. The van der Waals surface area contributed by atoms with Gasteiger partial charge in [0.05, 0.1) is 0 Å². The Morgan fingerprint density at radius 1 is 1.19 bits per heavy atom. The molecule has 2 nitrogen and oxygen atoms in total. The highest BCUT2D eigenvalue weighted by Crippen LogP contribution is 2.29. The summed E-state index contributed by atoms with van der Waals surface area (Å²) < 4.78 is 0. The third-order valence-electron chi connectivity index (χ3n) is 4.50. The van der Waals surface area contributed by atoms with Gasteiger partial charge in [-0.25, -0.2) is 0 Å². The Bertz CT molecular complexity index is 205. The first-order valence-electron chi connectivity index (χ1n) is 7.32. The van der Waals surface area contributed by atoms with E-state index in [1.165, 1.54) is 58.2 Å². The summed E-state index contributed by atoms with van der Waals surface area (Å²) >= 11 is 0. The lowest BCUT2D eigenvalue weighted by Crippen LogP contribution is -2.46. The van der Waals surface area contributed by atoms with Crippen LogP contribution in [0.3, 0.4) is 0 Å². The molecule has 0 radical (unpaired) electrons. The SMILES string of the molecule is CCCNC1CCCC1N1CCC(CC)C1. The lowest BCUT2D eigenvalue weighted by molar-refractivity contribution is 0.204. The van der Waals surface area contributed by atoms with Crippen LogP contribution in [0.15, 0.2) is 0 Å². The van der Waals surface area contributed by atoms with Crippen molar-refractivity contribution < 1.29 is 0 Å². The first-order chi connectivity index (χ1) is 7.85. The molecule has 0 bridgehead atoms. The predicted molar refractivity (Wildman–Crippen MR) is 69.7 cm³/mol. The number of hydrogen-bond acceptors (Lipinski definition) is 2. The summed E-state index contributed by atoms with van der Waals surface area (Å²) in [5.41, 5.74) is 0. The fraction of sp³-hybridized carbons (Fsp3) is 1.00. The van der Waals surface area contributed by atoms with E-state index in [-0.39, 0.29) is 0 Å². The minimum Gasteiger partial charge on any atom is -0.312 e. The normalized spacial score (nSPS) is 36.0. The highest BCUT2D eigenvalue weighted by molar-refractivity contribution is 4.93. The van der Waals surface area contributed by atoms with Crippen molar-refractivity contribution in [1.82, 2.24) is 10.2 Å². The minimum atomic E-state index is 0.788. The third kappa shape index (κ3) is 2.78. The monoisotopic (exact) mass is 224 g/mol. The number of hydrogen-bond donors (Lipinski definition) is 1. The van der Waals surface area contributed by atoms with E-state index in [4.69, 9.17) is 0 Å². The van der Waals surface area contributed by atoms with Gasteiger partial charge >= 0.3 is 0 Å². The van der Waals surface area contributed by atoms with Crippen LogP contribution in [0.5, 0.6) is 0 Å². The van der Waals surface area contributed by atoms with Crippen LogP contribution in [-0.4, -0.2) is 36.6 Å². The maximum Gasteiger partial charge on any atom is 0.0249 e. The number of rotatable bonds is 5. The molecular formula is C14H28N2. The van der Waals surface area contributed by atoms with Crippen molar-refractivity contribution >= 4 is 0 Å². The summed E-state index contributed by atoms with van der Waals surface area (Å²) in [4.78, 5) is 2.77. The largest absolute Gasteiger partial charge is 0.312 e. The zero-order valence-electron chi connectivity index (χ0n) is 11.0. The lowest BCUT2D eigenvalue weighted by atomic mass is 10.1. The highest BCUT2D eigenvalue weighted by Gasteiger charge is 2.34. The zero-order valence-corrected chi connectivity index (χ0v) is 11.0. The zero-order chi connectivity index (χ0) is 11.4. The lowest BCUT2D eigenvalue weighted by Gasteiger charge is -2.30. The highest BCUT2D eigenvalue weighted by atomic mass is 15.2. The Hall–Kier alpha value is -0.0800. The first kappa shape index (κ1) is 12.4. The van der Waals surface area contributed by atoms with E-state index in [1.807, 2.05) is 0 Å². The molecule has 1 saturated carbocycles. The molecule has 0 aromatic carbocycles. The Labute approximate surface area is 101 Å². The third-order valence-corrected chi connectivity index (χ3v) is 4.50. The van der Waals surface area contributed by atoms with E-state index in [0.29, 0.717) is 0 Å². The maximum atomic E-state index is 3.75. The topological polar surface area (TPSA) is 15.3 Å². The Morgan fingerprint density at radius 3 is 2.75 bits per heavy atom. The van der Waals surface area contributed by atoms with Crippen LogP contribution in [0, 0.1) is 5.92 Å². The van der Waals surface area contributed by atoms with Crippen molar-refractivity contribution in [3.8, 4) is 0 Å². The van der Waals surface area contributed by atoms with Gasteiger partial charge in [-0.15, -0.1) is 0 Å². The average Bonchev–Trinajstić information content (AvgIpc) is 2.94. The number of likely N-dealkylation sites (tertiary alicyclic amines) is 1. The van der Waals surface area contributed by atoms with Crippen molar-refractivity contribution in [3.63, 3.8) is 0 Å². The molecule has 3 atom stereocenters. The summed E-state index contributed by atoms with van der Waals surface area (Å²) in [6.07, 6.45) is 8.33. The fourth-order valence-corrected chi connectivity index (χ4v) is 3.44. The van der Waals surface area contributed by atoms with Gasteiger partial charge in [0, 0.05) is 18.6 Å². The van der Waals surface area contributed by atoms with Gasteiger partial charge in [0.2, 0.25) is 0 Å². The number of nitrogens with one attached hydrogen (secondary N) is 1. The molecule has 0 spiro atoms. The molecule has 2 aliphatic rings. The second-order valence-corrected chi connectivity index (χ2v) is 5.62. The van der Waals surface area contributed by atoms with Crippen LogP contribution in [-0.2, 0) is 0 Å². The molecule has 0 amide bonds. The van der Waals surface area contributed by atoms with Gasteiger partial charge in [-0.05, 0) is 44.7 Å². The van der Waals surface area contributed by atoms with Gasteiger partial charge in [-0.2, -0.15) is 0 Å². The summed E-state index contributed by atoms with van der Waals surface area (Å²) in [5, 5.41) is 3.75. The van der Waals surface area contributed by atoms with Crippen LogP contribution in [0.4, 0.5) is 0 Å². The molecule has 94 valence electrons. The Morgan fingerprint density at radius 2 is 2.06 bits per heavy atom. The van der Waals surface area contributed by atoms with Gasteiger partial charge in [-0.3, -0.25) is 4.90 Å². The molecule has 2 heteroatoms. The minimum absolute atomic E-state index is 0.788. The molecule has 3 unspecified atom stereocenters. The second-order valence-electron chi connectivity index (χ2n) is 5.62. The van der Waals surface area contributed by atoms with Gasteiger partial charge in [0.25, 0.3) is 0 Å². The van der Waals surface area contributed by atoms with Gasteiger partial charge in [0.1, 0.15) is 0 Å². The first-order valence-corrected chi connectivity index (χ1v) is 7.32. The Kier molecular flexibility index (Phi) is 4.66. The summed E-state index contributed by atoms with van der Waals surface area (Å²) in [7, 11) is 0. The molecule has 1 N–H and O–H groups in total. The molecule has 0 aromatic rings. The molecule has 1 heterocycles. The molecule has 1 aliphatic carbocycles. The van der Waals surface area contributed by atoms with Crippen molar-refractivity contribution in [2.75, 3.05) is 19.6 Å². The van der Waals surface area contributed by atoms with Crippen molar-refractivity contribution in [2.45, 2.75) is 64.5 Å². The van der Waals surface area contributed by atoms with Crippen molar-refractivity contribution in [1.29, 1.82) is 0 Å². The molecule has 2 fully saturated rings. The quantitative estimate of drug-likeness (QED) is 0.772. The van der Waals surface area contributed by atoms with Crippen LogP contribution < -0.4 is 5.32 Å². The van der Waals surface area contributed by atoms with Crippen LogP contribution in [0.2, 0.25) is 0 Å². The van der Waals surface area contributed by atoms with Gasteiger partial charge in [-0.1, -0.05) is 26.7 Å². The van der Waals surface area contributed by atoms with Crippen LogP contribution >= 0.6 is 0 Å². The fourth-order valence-electron chi connectivity index (χ4n) is 3.44. The van der Waals surface area contributed by atoms with Gasteiger partial charge in [0.15, 0.2) is 0 Å². The van der Waals surface area contributed by atoms with E-state index < -0.39 is 0 Å². The Balaban J connectivity index is 1.83. The van der Waals surface area contributed by atoms with Crippen LogP contribution in [0.1, 0.15) is 52.4 Å². The summed E-state index contributed by atoms with van der Waals surface area (Å²) in [5.74, 6) is 0.979. The summed E-state index contributed by atoms with van der Waals surface area (Å²) in [6.45, 7) is 8.53. The number of nitrogens with zero attached hydrogens (tertiary/aromatic N) is 1. The molecule has 0 aromatic heterocycles. The molecule has 1 aliphatic heterocycles. The molecule has 2 rings (SSSR count). The van der Waals surface area contributed by atoms with Crippen molar-refractivity contribution in [2.24, 2.45) is 5.92 Å². The molecule has 16 heavy (non-hydrogen) atoms. The average molecular weight is 224 g/mol. The van der Waals surface area contributed by atoms with Crippen LogP contribution in [0.25, 0.3) is 0 Å². The van der Waals surface area contributed by atoms with E-state index in [1.54, 1.807) is 0 Å². The van der Waals surface area contributed by atoms with E-state index >= 15 is 0 Å². The standard InChI is InChI=1S/C14H28N2/c1-3-9-15-13-6-5-7-14(13)16-10-8-12(4-2)11-16/h12-15H,3-11H2,1-2H3. The predicted octanol–water partition coefficient (Wildman–Crippen LogP) is 2.64. The van der Waals surface area contributed by atoms with E-state index in [9.17, 15) is 0 Å². The summed E-state index contributed by atoms with van der Waals surface area (Å²) in [6, 6.07) is 1.64.